The molecule has 1 aromatic carbocycles. The lowest BCUT2D eigenvalue weighted by Gasteiger charge is -2.25. The molecule has 0 bridgehead atoms. The molecule has 0 aliphatic heterocycles. The standard InChI is InChI=1S/C16H23FN2O2/c17-15-7-2-1-5-13(15)8-9-18-16(21)19-11-12-4-3-6-14(20)10-12/h1-2,5,7,12,14,20H,3-4,6,8-11H2,(H2,18,19,21). The molecule has 2 unspecified atom stereocenters. The Morgan fingerprint density at radius 3 is 2.86 bits per heavy atom. The molecule has 21 heavy (non-hydrogen) atoms. The molecule has 116 valence electrons. The number of hydrogen-bond acceptors (Lipinski definition) is 2. The Morgan fingerprint density at radius 2 is 2.10 bits per heavy atom. The van der Waals surface area contributed by atoms with E-state index in [1.54, 1.807) is 18.2 Å². The predicted octanol–water partition coefficient (Wildman–Crippen LogP) is 2.22. The molecule has 1 aromatic rings. The van der Waals surface area contributed by atoms with Crippen molar-refractivity contribution in [3.8, 4) is 0 Å². The summed E-state index contributed by atoms with van der Waals surface area (Å²) in [5.41, 5.74) is 0.605. The lowest BCUT2D eigenvalue weighted by Crippen LogP contribution is -2.40. The zero-order valence-corrected chi connectivity index (χ0v) is 12.1. The van der Waals surface area contributed by atoms with E-state index in [1.807, 2.05) is 0 Å². The van der Waals surface area contributed by atoms with Gasteiger partial charge in [0.2, 0.25) is 0 Å². The normalized spacial score (nSPS) is 21.8. The molecule has 2 atom stereocenters. The fourth-order valence-corrected chi connectivity index (χ4v) is 2.76. The third-order valence-corrected chi connectivity index (χ3v) is 3.94. The lowest BCUT2D eigenvalue weighted by atomic mass is 9.87. The number of benzene rings is 1. The summed E-state index contributed by atoms with van der Waals surface area (Å²) < 4.78 is 13.4. The van der Waals surface area contributed by atoms with E-state index in [-0.39, 0.29) is 18.0 Å². The average Bonchev–Trinajstić information content (AvgIpc) is 2.47. The van der Waals surface area contributed by atoms with Gasteiger partial charge in [0.25, 0.3) is 0 Å². The first-order valence-electron chi connectivity index (χ1n) is 7.58. The molecule has 0 heterocycles. The minimum atomic E-state index is -0.240. The van der Waals surface area contributed by atoms with Gasteiger partial charge in [0.1, 0.15) is 5.82 Å². The van der Waals surface area contributed by atoms with Gasteiger partial charge >= 0.3 is 6.03 Å². The Bertz CT molecular complexity index is 467. The summed E-state index contributed by atoms with van der Waals surface area (Å²) in [6.45, 7) is 0.989. The minimum Gasteiger partial charge on any atom is -0.393 e. The van der Waals surface area contributed by atoms with Crippen LogP contribution in [0, 0.1) is 11.7 Å². The van der Waals surface area contributed by atoms with Gasteiger partial charge in [0.05, 0.1) is 6.10 Å². The van der Waals surface area contributed by atoms with Gasteiger partial charge in [-0.3, -0.25) is 0 Å². The number of aliphatic hydroxyl groups excluding tert-OH is 1. The van der Waals surface area contributed by atoms with Crippen LogP contribution in [0.1, 0.15) is 31.2 Å². The summed E-state index contributed by atoms with van der Waals surface area (Å²) in [7, 11) is 0. The summed E-state index contributed by atoms with van der Waals surface area (Å²) in [5.74, 6) is 0.113. The van der Waals surface area contributed by atoms with Gasteiger partial charge in [-0.1, -0.05) is 24.6 Å². The van der Waals surface area contributed by atoms with Crippen LogP contribution >= 0.6 is 0 Å². The average molecular weight is 294 g/mol. The monoisotopic (exact) mass is 294 g/mol. The molecule has 1 fully saturated rings. The Balaban J connectivity index is 1.62. The lowest BCUT2D eigenvalue weighted by molar-refractivity contribution is 0.101. The van der Waals surface area contributed by atoms with Crippen LogP contribution in [0.3, 0.4) is 0 Å². The van der Waals surface area contributed by atoms with Crippen molar-refractivity contribution in [1.29, 1.82) is 0 Å². The molecule has 1 saturated carbocycles. The number of nitrogens with one attached hydrogen (secondary N) is 2. The maximum atomic E-state index is 13.4. The third-order valence-electron chi connectivity index (χ3n) is 3.94. The Labute approximate surface area is 124 Å². The van der Waals surface area contributed by atoms with Crippen LogP contribution in [0.2, 0.25) is 0 Å². The largest absolute Gasteiger partial charge is 0.393 e. The highest BCUT2D eigenvalue weighted by Crippen LogP contribution is 2.23. The van der Waals surface area contributed by atoms with Crippen molar-refractivity contribution in [1.82, 2.24) is 10.6 Å². The van der Waals surface area contributed by atoms with Crippen molar-refractivity contribution in [3.05, 3.63) is 35.6 Å². The fraction of sp³-hybridized carbons (Fsp3) is 0.562. The second-order valence-corrected chi connectivity index (χ2v) is 5.66. The zero-order chi connectivity index (χ0) is 15.1. The molecule has 0 spiro atoms. The van der Waals surface area contributed by atoms with Gasteiger partial charge in [-0.05, 0) is 43.2 Å². The third kappa shape index (κ3) is 5.34. The van der Waals surface area contributed by atoms with Gasteiger partial charge in [-0.2, -0.15) is 0 Å². The SMILES string of the molecule is O=C(NCCc1ccccc1F)NCC1CCCC(O)C1. The number of carbonyl (C=O) groups excluding carboxylic acids is 1. The van der Waals surface area contributed by atoms with E-state index in [4.69, 9.17) is 0 Å². The number of aliphatic hydroxyl groups is 1. The van der Waals surface area contributed by atoms with Crippen molar-refractivity contribution in [3.63, 3.8) is 0 Å². The van der Waals surface area contributed by atoms with Gasteiger partial charge < -0.3 is 15.7 Å². The van der Waals surface area contributed by atoms with Crippen molar-refractivity contribution in [2.45, 2.75) is 38.2 Å². The number of urea groups is 1. The van der Waals surface area contributed by atoms with Crippen LogP contribution in [-0.4, -0.2) is 30.3 Å². The summed E-state index contributed by atoms with van der Waals surface area (Å²) in [5, 5.41) is 15.1. The second kappa shape index (κ2) is 7.98. The predicted molar refractivity (Wildman–Crippen MR) is 79.5 cm³/mol. The van der Waals surface area contributed by atoms with E-state index in [9.17, 15) is 14.3 Å². The Kier molecular flexibility index (Phi) is 5.99. The first kappa shape index (κ1) is 15.8. The van der Waals surface area contributed by atoms with E-state index in [1.165, 1.54) is 6.07 Å². The van der Waals surface area contributed by atoms with E-state index in [2.05, 4.69) is 10.6 Å². The molecule has 0 radical (unpaired) electrons. The molecule has 0 saturated heterocycles. The maximum Gasteiger partial charge on any atom is 0.314 e. The van der Waals surface area contributed by atoms with Gasteiger partial charge in [-0.25, -0.2) is 9.18 Å². The number of halogens is 1. The molecule has 3 N–H and O–H groups in total. The topological polar surface area (TPSA) is 61.4 Å². The maximum absolute atomic E-state index is 13.4. The molecule has 2 amide bonds. The second-order valence-electron chi connectivity index (χ2n) is 5.66. The highest BCUT2D eigenvalue weighted by atomic mass is 19.1. The molecule has 2 rings (SSSR count). The number of rotatable bonds is 5. The summed E-state index contributed by atoms with van der Waals surface area (Å²) in [4.78, 5) is 11.7. The van der Waals surface area contributed by atoms with Crippen LogP contribution in [-0.2, 0) is 6.42 Å². The molecular weight excluding hydrogens is 271 g/mol. The number of carbonyl (C=O) groups is 1. The van der Waals surface area contributed by atoms with Crippen LogP contribution < -0.4 is 10.6 Å². The Morgan fingerprint density at radius 1 is 1.29 bits per heavy atom. The highest BCUT2D eigenvalue weighted by molar-refractivity contribution is 5.73. The first-order chi connectivity index (χ1) is 10.1. The minimum absolute atomic E-state index is 0.227. The van der Waals surface area contributed by atoms with Crippen LogP contribution in [0.5, 0.6) is 0 Å². The molecule has 0 aromatic heterocycles. The van der Waals surface area contributed by atoms with Crippen molar-refractivity contribution < 1.29 is 14.3 Å². The molecule has 1 aliphatic rings. The zero-order valence-electron chi connectivity index (χ0n) is 12.1. The van der Waals surface area contributed by atoms with Crippen LogP contribution in [0.15, 0.2) is 24.3 Å². The number of amides is 2. The van der Waals surface area contributed by atoms with E-state index in [0.717, 1.165) is 25.7 Å². The smallest absolute Gasteiger partial charge is 0.314 e. The van der Waals surface area contributed by atoms with Crippen molar-refractivity contribution in [2.24, 2.45) is 5.92 Å². The quantitative estimate of drug-likeness (QED) is 0.780. The van der Waals surface area contributed by atoms with E-state index in [0.29, 0.717) is 31.0 Å². The molecule has 1 aliphatic carbocycles. The summed E-state index contributed by atoms with van der Waals surface area (Å²) in [6, 6.07) is 6.35. The van der Waals surface area contributed by atoms with Gasteiger partial charge in [0.15, 0.2) is 0 Å². The molecule has 4 nitrogen and oxygen atoms in total. The van der Waals surface area contributed by atoms with E-state index >= 15 is 0 Å². The Hall–Kier alpha value is -1.62. The fourth-order valence-electron chi connectivity index (χ4n) is 2.76. The van der Waals surface area contributed by atoms with Crippen LogP contribution in [0.4, 0.5) is 9.18 Å². The molecule has 5 heteroatoms. The highest BCUT2D eigenvalue weighted by Gasteiger charge is 2.20. The molecular formula is C16H23FN2O2. The summed E-state index contributed by atoms with van der Waals surface area (Å²) in [6.07, 6.45) is 3.94. The van der Waals surface area contributed by atoms with Gasteiger partial charge in [-0.15, -0.1) is 0 Å². The van der Waals surface area contributed by atoms with Crippen molar-refractivity contribution >= 4 is 6.03 Å². The van der Waals surface area contributed by atoms with Gasteiger partial charge in [0, 0.05) is 13.1 Å². The van der Waals surface area contributed by atoms with E-state index < -0.39 is 0 Å². The number of hydrogen-bond donors (Lipinski definition) is 3. The van der Waals surface area contributed by atoms with Crippen molar-refractivity contribution in [2.75, 3.05) is 13.1 Å². The first-order valence-corrected chi connectivity index (χ1v) is 7.58. The van der Waals surface area contributed by atoms with Crippen LogP contribution in [0.25, 0.3) is 0 Å². The summed E-state index contributed by atoms with van der Waals surface area (Å²) >= 11 is 0.